The van der Waals surface area contributed by atoms with Gasteiger partial charge in [-0.2, -0.15) is 4.99 Å². The van der Waals surface area contributed by atoms with Gasteiger partial charge in [0.25, 0.3) is 0 Å². The molecular formula is C20H13ClN2O5S. The smallest absolute Gasteiger partial charge is 0.325 e. The second-order valence-electron chi connectivity index (χ2n) is 6.05. The van der Waals surface area contributed by atoms with Gasteiger partial charge in [0.1, 0.15) is 12.1 Å². The molecule has 0 saturated heterocycles. The summed E-state index contributed by atoms with van der Waals surface area (Å²) in [5.41, 5.74) is 0.636. The van der Waals surface area contributed by atoms with Crippen LogP contribution in [-0.2, 0) is 16.1 Å². The van der Waals surface area contributed by atoms with Gasteiger partial charge in [-0.15, -0.1) is 0 Å². The van der Waals surface area contributed by atoms with Gasteiger partial charge in [-0.3, -0.25) is 14.4 Å². The van der Waals surface area contributed by atoms with E-state index in [1.54, 1.807) is 47.0 Å². The molecule has 0 saturated carbocycles. The lowest BCUT2D eigenvalue weighted by molar-refractivity contribution is -0.141. The maximum atomic E-state index is 12.7. The number of esters is 1. The molecule has 0 radical (unpaired) electrons. The molecular weight excluding hydrogens is 416 g/mol. The lowest BCUT2D eigenvalue weighted by Crippen LogP contribution is -2.22. The predicted molar refractivity (Wildman–Crippen MR) is 109 cm³/mol. The van der Waals surface area contributed by atoms with E-state index < -0.39 is 11.9 Å². The lowest BCUT2D eigenvalue weighted by Gasteiger charge is -2.03. The molecule has 0 atom stereocenters. The molecule has 0 bridgehead atoms. The number of rotatable bonds is 3. The number of fused-ring (bicyclic) bond motifs is 2. The molecule has 0 aliphatic rings. The van der Waals surface area contributed by atoms with Crippen molar-refractivity contribution in [2.45, 2.75) is 6.54 Å². The van der Waals surface area contributed by atoms with Crippen molar-refractivity contribution in [2.24, 2.45) is 4.99 Å². The van der Waals surface area contributed by atoms with Gasteiger partial charge in [-0.05, 0) is 30.3 Å². The van der Waals surface area contributed by atoms with Crippen molar-refractivity contribution in [3.05, 3.63) is 74.3 Å². The number of halogens is 1. The quantitative estimate of drug-likeness (QED) is 0.466. The van der Waals surface area contributed by atoms with Gasteiger partial charge >= 0.3 is 11.9 Å². The molecule has 0 aliphatic heterocycles. The van der Waals surface area contributed by atoms with Crippen LogP contribution in [-0.4, -0.2) is 23.6 Å². The van der Waals surface area contributed by atoms with E-state index in [0.717, 1.165) is 10.8 Å². The van der Waals surface area contributed by atoms with Gasteiger partial charge in [0, 0.05) is 11.1 Å². The first-order valence-corrected chi connectivity index (χ1v) is 9.63. The van der Waals surface area contributed by atoms with Crippen molar-refractivity contribution >= 4 is 56.0 Å². The molecule has 0 N–H and O–H groups in total. The number of benzene rings is 2. The van der Waals surface area contributed by atoms with Crippen LogP contribution in [0.1, 0.15) is 10.6 Å². The van der Waals surface area contributed by atoms with Gasteiger partial charge in [0.05, 0.1) is 22.7 Å². The van der Waals surface area contributed by atoms with Gasteiger partial charge in [-0.25, -0.2) is 0 Å². The van der Waals surface area contributed by atoms with Crippen molar-refractivity contribution in [1.29, 1.82) is 0 Å². The lowest BCUT2D eigenvalue weighted by atomic mass is 10.2. The third-order valence-electron chi connectivity index (χ3n) is 4.20. The average molecular weight is 429 g/mol. The number of carbonyl (C=O) groups is 2. The number of carbonyl (C=O) groups excluding carboxylic acids is 2. The van der Waals surface area contributed by atoms with Gasteiger partial charge in [-0.1, -0.05) is 35.1 Å². The molecule has 0 aliphatic carbocycles. The number of ether oxygens (including phenoxy) is 1. The summed E-state index contributed by atoms with van der Waals surface area (Å²) in [5.74, 6) is -1.41. The minimum atomic E-state index is -0.732. The first-order chi connectivity index (χ1) is 14.0. The summed E-state index contributed by atoms with van der Waals surface area (Å²) in [6.45, 7) is -0.133. The summed E-state index contributed by atoms with van der Waals surface area (Å²) in [6.07, 6.45) is 0. The third kappa shape index (κ3) is 3.72. The van der Waals surface area contributed by atoms with E-state index in [-0.39, 0.29) is 22.5 Å². The molecule has 4 aromatic rings. The van der Waals surface area contributed by atoms with Crippen LogP contribution in [0, 0.1) is 0 Å². The van der Waals surface area contributed by atoms with Gasteiger partial charge in [0.15, 0.2) is 16.0 Å². The Kier molecular flexibility index (Phi) is 5.04. The normalized spacial score (nSPS) is 11.9. The highest BCUT2D eigenvalue weighted by Gasteiger charge is 2.15. The Bertz CT molecular complexity index is 1400. The highest BCUT2D eigenvalue weighted by molar-refractivity contribution is 7.16. The Morgan fingerprint density at radius 2 is 2.00 bits per heavy atom. The fourth-order valence-corrected chi connectivity index (χ4v) is 4.13. The summed E-state index contributed by atoms with van der Waals surface area (Å²) >= 11 is 7.23. The largest absolute Gasteiger partial charge is 0.468 e. The van der Waals surface area contributed by atoms with Crippen molar-refractivity contribution in [2.75, 3.05) is 7.11 Å². The molecule has 29 heavy (non-hydrogen) atoms. The molecule has 9 heteroatoms. The average Bonchev–Trinajstić information content (AvgIpc) is 3.03. The summed E-state index contributed by atoms with van der Waals surface area (Å²) in [5, 5.41) is 0.892. The second-order valence-corrected chi connectivity index (χ2v) is 7.49. The van der Waals surface area contributed by atoms with Crippen LogP contribution in [0.5, 0.6) is 0 Å². The molecule has 0 unspecified atom stereocenters. The number of thiazole rings is 1. The van der Waals surface area contributed by atoms with Crippen LogP contribution in [0.2, 0.25) is 5.02 Å². The van der Waals surface area contributed by atoms with Crippen LogP contribution in [0.3, 0.4) is 0 Å². The highest BCUT2D eigenvalue weighted by Crippen LogP contribution is 2.22. The second kappa shape index (κ2) is 7.65. The Hall–Kier alpha value is -3.23. The number of para-hydroxylation sites is 1. The van der Waals surface area contributed by atoms with E-state index in [4.69, 9.17) is 20.8 Å². The van der Waals surface area contributed by atoms with E-state index in [1.807, 2.05) is 0 Å². The molecule has 146 valence electrons. The van der Waals surface area contributed by atoms with Crippen LogP contribution in [0.15, 0.2) is 62.7 Å². The molecule has 2 aromatic carbocycles. The molecule has 0 spiro atoms. The van der Waals surface area contributed by atoms with Gasteiger partial charge < -0.3 is 13.7 Å². The number of amides is 1. The molecule has 1 amide bonds. The summed E-state index contributed by atoms with van der Waals surface area (Å²) in [6, 6.07) is 12.9. The maximum absolute atomic E-state index is 12.7. The maximum Gasteiger partial charge on any atom is 0.325 e. The Morgan fingerprint density at radius 1 is 1.21 bits per heavy atom. The van der Waals surface area contributed by atoms with E-state index in [9.17, 15) is 14.4 Å². The number of aromatic nitrogens is 1. The minimum Gasteiger partial charge on any atom is -0.468 e. The van der Waals surface area contributed by atoms with Crippen LogP contribution >= 0.6 is 22.9 Å². The van der Waals surface area contributed by atoms with Crippen LogP contribution in [0.4, 0.5) is 0 Å². The molecule has 2 heterocycles. The Labute approximate surface area is 172 Å². The summed E-state index contributed by atoms with van der Waals surface area (Å²) in [7, 11) is 1.28. The van der Waals surface area contributed by atoms with Crippen molar-refractivity contribution in [3.8, 4) is 0 Å². The summed E-state index contributed by atoms with van der Waals surface area (Å²) in [4.78, 5) is 41.2. The van der Waals surface area contributed by atoms with Crippen molar-refractivity contribution < 1.29 is 18.7 Å². The molecule has 2 aromatic heterocycles. The van der Waals surface area contributed by atoms with E-state index in [1.165, 1.54) is 18.4 Å². The third-order valence-corrected chi connectivity index (χ3v) is 5.48. The Morgan fingerprint density at radius 3 is 2.79 bits per heavy atom. The first kappa shape index (κ1) is 19.1. The van der Waals surface area contributed by atoms with Crippen molar-refractivity contribution in [3.63, 3.8) is 0 Å². The topological polar surface area (TPSA) is 90.9 Å². The number of hydrogen-bond donors (Lipinski definition) is 0. The number of methoxy groups -OCH3 is 1. The van der Waals surface area contributed by atoms with E-state index in [0.29, 0.717) is 21.5 Å². The zero-order valence-electron chi connectivity index (χ0n) is 15.0. The molecule has 7 nitrogen and oxygen atoms in total. The predicted octanol–water partition coefficient (Wildman–Crippen LogP) is 3.38. The van der Waals surface area contributed by atoms with E-state index in [2.05, 4.69) is 4.99 Å². The Balaban J connectivity index is 1.87. The summed E-state index contributed by atoms with van der Waals surface area (Å²) < 4.78 is 12.6. The number of hydrogen-bond acceptors (Lipinski definition) is 6. The highest BCUT2D eigenvalue weighted by atomic mass is 35.5. The monoisotopic (exact) mass is 428 g/mol. The zero-order valence-corrected chi connectivity index (χ0v) is 16.6. The first-order valence-electron chi connectivity index (χ1n) is 8.44. The standard InChI is InChI=1S/C20H13ClN2O5S/c1-27-18(25)10-23-13-7-6-11(21)8-17(13)29-20(23)22-19(26)16-9-14(24)12-4-2-3-5-15(12)28-16/h2-9H,10H2,1H3. The van der Waals surface area contributed by atoms with Gasteiger partial charge in [0.2, 0.25) is 0 Å². The van der Waals surface area contributed by atoms with Crippen LogP contribution < -0.4 is 10.2 Å². The van der Waals surface area contributed by atoms with Crippen LogP contribution in [0.25, 0.3) is 21.2 Å². The van der Waals surface area contributed by atoms with Crippen molar-refractivity contribution in [1.82, 2.24) is 4.57 Å². The minimum absolute atomic E-state index is 0.133. The fourth-order valence-electron chi connectivity index (χ4n) is 2.83. The van der Waals surface area contributed by atoms with E-state index >= 15 is 0 Å². The zero-order chi connectivity index (χ0) is 20.5. The molecule has 0 fully saturated rings. The fraction of sp³-hybridized carbons (Fsp3) is 0.100. The number of nitrogens with zero attached hydrogens (tertiary/aromatic N) is 2. The SMILES string of the molecule is COC(=O)Cn1c(=NC(=O)c2cc(=O)c3ccccc3o2)sc2cc(Cl)ccc21. The molecule has 4 rings (SSSR count).